The molecule has 0 radical (unpaired) electrons. The van der Waals surface area contributed by atoms with Gasteiger partial charge in [-0.3, -0.25) is 9.59 Å². The molecular weight excluding hydrogens is 366 g/mol. The van der Waals surface area contributed by atoms with E-state index in [-0.39, 0.29) is 23.5 Å². The molecule has 8 heteroatoms. The van der Waals surface area contributed by atoms with Crippen LogP contribution in [0.5, 0.6) is 0 Å². The molecular formula is C19H26ClN5O2. The average Bonchev–Trinajstić information content (AvgIpc) is 2.67. The van der Waals surface area contributed by atoms with Gasteiger partial charge in [-0.1, -0.05) is 18.2 Å². The lowest BCUT2D eigenvalue weighted by atomic mass is 10.2. The van der Waals surface area contributed by atoms with Gasteiger partial charge in [0.2, 0.25) is 5.43 Å². The number of para-hydroxylation sites is 1. The van der Waals surface area contributed by atoms with E-state index in [4.69, 9.17) is 0 Å². The number of nitrogens with zero attached hydrogens (tertiary/aromatic N) is 3. The van der Waals surface area contributed by atoms with E-state index in [0.29, 0.717) is 12.2 Å². The van der Waals surface area contributed by atoms with Gasteiger partial charge in [-0.15, -0.1) is 12.4 Å². The Bertz CT molecular complexity index is 803. The minimum Gasteiger partial charge on any atom is -0.350 e. The van der Waals surface area contributed by atoms with E-state index >= 15 is 0 Å². The van der Waals surface area contributed by atoms with Gasteiger partial charge in [-0.05, 0) is 32.0 Å². The molecule has 2 heterocycles. The van der Waals surface area contributed by atoms with E-state index in [9.17, 15) is 9.59 Å². The molecule has 2 N–H and O–H groups in total. The Kier molecular flexibility index (Phi) is 7.97. The van der Waals surface area contributed by atoms with E-state index in [1.54, 1.807) is 11.6 Å². The Hall–Kier alpha value is -2.22. The molecule has 0 atom stereocenters. The fraction of sp³-hybridized carbons (Fsp3) is 0.421. The van der Waals surface area contributed by atoms with Crippen molar-refractivity contribution in [2.75, 3.05) is 39.3 Å². The summed E-state index contributed by atoms with van der Waals surface area (Å²) in [7, 11) is 0. The molecule has 0 saturated carbocycles. The van der Waals surface area contributed by atoms with E-state index in [0.717, 1.165) is 44.8 Å². The highest BCUT2D eigenvalue weighted by molar-refractivity contribution is 5.92. The first kappa shape index (κ1) is 21.1. The number of piperazine rings is 1. The molecule has 1 aromatic heterocycles. The first-order chi connectivity index (χ1) is 12.6. The molecule has 1 saturated heterocycles. The smallest absolute Gasteiger partial charge is 0.275 e. The molecule has 1 aliphatic rings. The standard InChI is InChI=1S/C19H25N5O2.ClH/c1-15-14-17(25)18(22-24(15)16-6-3-2-4-7-16)19(26)21-8-5-11-23-12-9-20-10-13-23;/h2-4,6-7,14,20H,5,8-13H2,1H3,(H,21,26);1H. The lowest BCUT2D eigenvalue weighted by Crippen LogP contribution is -2.44. The monoisotopic (exact) mass is 391 g/mol. The summed E-state index contributed by atoms with van der Waals surface area (Å²) < 4.78 is 1.62. The predicted octanol–water partition coefficient (Wildman–Crippen LogP) is 0.988. The molecule has 0 aliphatic carbocycles. The van der Waals surface area contributed by atoms with Crippen LogP contribution in [0.4, 0.5) is 0 Å². The van der Waals surface area contributed by atoms with Gasteiger partial charge in [0.05, 0.1) is 5.69 Å². The normalized spacial score (nSPS) is 14.4. The molecule has 0 unspecified atom stereocenters. The highest BCUT2D eigenvalue weighted by Gasteiger charge is 2.15. The number of carbonyl (C=O) groups excluding carboxylic acids is 1. The molecule has 1 aliphatic heterocycles. The van der Waals surface area contributed by atoms with E-state index in [1.807, 2.05) is 30.3 Å². The van der Waals surface area contributed by atoms with Crippen molar-refractivity contribution in [3.8, 4) is 5.69 Å². The van der Waals surface area contributed by atoms with E-state index < -0.39 is 5.91 Å². The summed E-state index contributed by atoms with van der Waals surface area (Å²) in [4.78, 5) is 27.0. The van der Waals surface area contributed by atoms with Gasteiger partial charge in [-0.2, -0.15) is 5.10 Å². The number of aromatic nitrogens is 2. The van der Waals surface area contributed by atoms with Crippen molar-refractivity contribution in [3.63, 3.8) is 0 Å². The second kappa shape index (κ2) is 10.2. The topological polar surface area (TPSA) is 79.3 Å². The Balaban J connectivity index is 0.00000261. The number of hydrogen-bond donors (Lipinski definition) is 2. The zero-order valence-electron chi connectivity index (χ0n) is 15.5. The molecule has 1 fully saturated rings. The molecule has 27 heavy (non-hydrogen) atoms. The van der Waals surface area contributed by atoms with Crippen molar-refractivity contribution >= 4 is 18.3 Å². The maximum absolute atomic E-state index is 12.4. The Labute approximate surface area is 165 Å². The largest absolute Gasteiger partial charge is 0.350 e. The van der Waals surface area contributed by atoms with Crippen LogP contribution in [0.1, 0.15) is 22.6 Å². The zero-order chi connectivity index (χ0) is 18.4. The minimum absolute atomic E-state index is 0. The lowest BCUT2D eigenvalue weighted by molar-refractivity contribution is 0.0943. The summed E-state index contributed by atoms with van der Waals surface area (Å²) in [5, 5.41) is 10.4. The number of benzene rings is 1. The molecule has 0 bridgehead atoms. The number of aryl methyl sites for hydroxylation is 1. The first-order valence-corrected chi connectivity index (χ1v) is 9.03. The number of amides is 1. The van der Waals surface area contributed by atoms with Crippen molar-refractivity contribution in [1.29, 1.82) is 0 Å². The Morgan fingerprint density at radius 3 is 2.63 bits per heavy atom. The van der Waals surface area contributed by atoms with Gasteiger partial charge in [0.15, 0.2) is 5.69 Å². The number of hydrogen-bond acceptors (Lipinski definition) is 5. The van der Waals surface area contributed by atoms with Gasteiger partial charge < -0.3 is 15.5 Å². The van der Waals surface area contributed by atoms with E-state index in [1.165, 1.54) is 6.07 Å². The highest BCUT2D eigenvalue weighted by atomic mass is 35.5. The van der Waals surface area contributed by atoms with Crippen LogP contribution in [-0.2, 0) is 0 Å². The van der Waals surface area contributed by atoms with Gasteiger partial charge in [-0.25, -0.2) is 4.68 Å². The Morgan fingerprint density at radius 2 is 1.93 bits per heavy atom. The number of nitrogens with one attached hydrogen (secondary N) is 2. The fourth-order valence-electron chi connectivity index (χ4n) is 3.06. The summed E-state index contributed by atoms with van der Waals surface area (Å²) in [5.41, 5.74) is 1.09. The summed E-state index contributed by atoms with van der Waals surface area (Å²) in [5.74, 6) is -0.417. The second-order valence-corrected chi connectivity index (χ2v) is 6.45. The predicted molar refractivity (Wildman–Crippen MR) is 108 cm³/mol. The molecule has 1 aromatic carbocycles. The zero-order valence-corrected chi connectivity index (χ0v) is 16.3. The second-order valence-electron chi connectivity index (χ2n) is 6.45. The van der Waals surface area contributed by atoms with Crippen LogP contribution in [0.3, 0.4) is 0 Å². The number of halogens is 1. The van der Waals surface area contributed by atoms with Gasteiger partial charge in [0.25, 0.3) is 5.91 Å². The van der Waals surface area contributed by atoms with Crippen molar-refractivity contribution in [2.45, 2.75) is 13.3 Å². The van der Waals surface area contributed by atoms with Crippen LogP contribution in [0.25, 0.3) is 5.69 Å². The quantitative estimate of drug-likeness (QED) is 0.718. The lowest BCUT2D eigenvalue weighted by Gasteiger charge is -2.27. The van der Waals surface area contributed by atoms with Gasteiger partial charge in [0, 0.05) is 44.5 Å². The van der Waals surface area contributed by atoms with Crippen molar-refractivity contribution in [1.82, 2.24) is 25.3 Å². The third-order valence-corrected chi connectivity index (χ3v) is 4.47. The third-order valence-electron chi connectivity index (χ3n) is 4.47. The highest BCUT2D eigenvalue weighted by Crippen LogP contribution is 2.07. The summed E-state index contributed by atoms with van der Waals surface area (Å²) >= 11 is 0. The van der Waals surface area contributed by atoms with Gasteiger partial charge in [0.1, 0.15) is 0 Å². The fourth-order valence-corrected chi connectivity index (χ4v) is 3.06. The average molecular weight is 392 g/mol. The summed E-state index contributed by atoms with van der Waals surface area (Å²) in [6.07, 6.45) is 0.852. The van der Waals surface area contributed by atoms with Crippen LogP contribution in [0.15, 0.2) is 41.2 Å². The van der Waals surface area contributed by atoms with Crippen LogP contribution < -0.4 is 16.1 Å². The molecule has 0 spiro atoms. The maximum atomic E-state index is 12.4. The molecule has 3 rings (SSSR count). The van der Waals surface area contributed by atoms with Crippen LogP contribution >= 0.6 is 12.4 Å². The van der Waals surface area contributed by atoms with Crippen LogP contribution in [0, 0.1) is 6.92 Å². The van der Waals surface area contributed by atoms with Crippen LogP contribution in [-0.4, -0.2) is 59.9 Å². The van der Waals surface area contributed by atoms with Crippen molar-refractivity contribution in [2.24, 2.45) is 0 Å². The minimum atomic E-state index is -0.417. The third kappa shape index (κ3) is 5.63. The van der Waals surface area contributed by atoms with Crippen molar-refractivity contribution in [3.05, 3.63) is 58.0 Å². The van der Waals surface area contributed by atoms with Crippen molar-refractivity contribution < 1.29 is 4.79 Å². The summed E-state index contributed by atoms with van der Waals surface area (Å²) in [6.45, 7) is 7.37. The molecule has 146 valence electrons. The number of carbonyl (C=O) groups is 1. The van der Waals surface area contributed by atoms with Crippen LogP contribution in [0.2, 0.25) is 0 Å². The van der Waals surface area contributed by atoms with E-state index in [2.05, 4.69) is 20.6 Å². The maximum Gasteiger partial charge on any atom is 0.275 e. The molecule has 7 nitrogen and oxygen atoms in total. The SMILES string of the molecule is Cc1cc(=O)c(C(=O)NCCCN2CCNCC2)nn1-c1ccccc1.Cl. The van der Waals surface area contributed by atoms with Gasteiger partial charge >= 0.3 is 0 Å². The number of rotatable bonds is 6. The summed E-state index contributed by atoms with van der Waals surface area (Å²) in [6, 6.07) is 10.9. The molecule has 1 amide bonds. The Morgan fingerprint density at radius 1 is 1.22 bits per heavy atom. The molecule has 2 aromatic rings. The first-order valence-electron chi connectivity index (χ1n) is 9.03.